The average Bonchev–Trinajstić information content (AvgIpc) is 2.85. The van der Waals surface area contributed by atoms with Crippen molar-refractivity contribution >= 4 is 34.0 Å². The molecular formula is C15H14N2OS2. The third kappa shape index (κ3) is 3.62. The number of anilines is 1. The van der Waals surface area contributed by atoms with E-state index >= 15 is 0 Å². The van der Waals surface area contributed by atoms with Crippen LogP contribution in [0.5, 0.6) is 0 Å². The van der Waals surface area contributed by atoms with E-state index < -0.39 is 0 Å². The molecule has 0 bridgehead atoms. The van der Waals surface area contributed by atoms with Crippen molar-refractivity contribution < 1.29 is 4.79 Å². The molecule has 0 unspecified atom stereocenters. The van der Waals surface area contributed by atoms with Crippen molar-refractivity contribution in [3.05, 3.63) is 46.8 Å². The van der Waals surface area contributed by atoms with Crippen LogP contribution in [0.1, 0.15) is 29.8 Å². The molecule has 5 heteroatoms. The van der Waals surface area contributed by atoms with Crippen LogP contribution < -0.4 is 5.32 Å². The molecule has 0 aliphatic carbocycles. The summed E-state index contributed by atoms with van der Waals surface area (Å²) in [7, 11) is 0. The first-order valence-electron chi connectivity index (χ1n) is 6.16. The molecule has 0 atom stereocenters. The highest BCUT2D eigenvalue weighted by Crippen LogP contribution is 2.25. The molecule has 0 saturated carbocycles. The lowest BCUT2D eigenvalue weighted by molar-refractivity contribution is 0.102. The maximum absolute atomic E-state index is 12.2. The van der Waals surface area contributed by atoms with Crippen LogP contribution in [-0.4, -0.2) is 11.2 Å². The van der Waals surface area contributed by atoms with Gasteiger partial charge in [0, 0.05) is 15.7 Å². The molecule has 2 rings (SSSR count). The Kier molecular flexibility index (Phi) is 4.83. The monoisotopic (exact) mass is 302 g/mol. The van der Waals surface area contributed by atoms with Gasteiger partial charge < -0.3 is 5.32 Å². The van der Waals surface area contributed by atoms with E-state index in [2.05, 4.69) is 25.2 Å². The predicted molar refractivity (Wildman–Crippen MR) is 84.4 cm³/mol. The van der Waals surface area contributed by atoms with Crippen molar-refractivity contribution in [3.63, 3.8) is 0 Å². The number of thioether (sulfide) groups is 1. The molecule has 1 amide bonds. The van der Waals surface area contributed by atoms with Crippen molar-refractivity contribution in [2.45, 2.75) is 24.0 Å². The summed E-state index contributed by atoms with van der Waals surface area (Å²) in [6.45, 7) is 4.23. The Labute approximate surface area is 126 Å². The minimum atomic E-state index is -0.185. The van der Waals surface area contributed by atoms with E-state index in [0.29, 0.717) is 21.4 Å². The zero-order chi connectivity index (χ0) is 14.5. The summed E-state index contributed by atoms with van der Waals surface area (Å²) >= 11 is 3.07. The summed E-state index contributed by atoms with van der Waals surface area (Å²) in [4.78, 5) is 13.3. The molecule has 0 radical (unpaired) electrons. The van der Waals surface area contributed by atoms with Crippen LogP contribution in [0.3, 0.4) is 0 Å². The molecule has 0 spiro atoms. The number of rotatable bonds is 4. The van der Waals surface area contributed by atoms with E-state index in [4.69, 9.17) is 5.26 Å². The first-order valence-corrected chi connectivity index (χ1v) is 7.91. The highest BCUT2D eigenvalue weighted by atomic mass is 32.2. The SMILES string of the molecule is CC(C)Sc1cccc(C(=O)Nc2sccc2C#N)c1. The van der Waals surface area contributed by atoms with Crippen molar-refractivity contribution in [1.29, 1.82) is 5.26 Å². The van der Waals surface area contributed by atoms with Gasteiger partial charge in [-0.05, 0) is 29.6 Å². The fourth-order valence-corrected chi connectivity index (χ4v) is 3.28. The van der Waals surface area contributed by atoms with Gasteiger partial charge in [-0.25, -0.2) is 0 Å². The number of hydrogen-bond donors (Lipinski definition) is 1. The third-order valence-electron chi connectivity index (χ3n) is 2.48. The average molecular weight is 302 g/mol. The van der Waals surface area contributed by atoms with Crippen molar-refractivity contribution in [1.82, 2.24) is 0 Å². The third-order valence-corrected chi connectivity index (χ3v) is 4.31. The van der Waals surface area contributed by atoms with E-state index in [1.807, 2.05) is 18.2 Å². The minimum Gasteiger partial charge on any atom is -0.312 e. The fourth-order valence-electron chi connectivity index (χ4n) is 1.65. The molecule has 20 heavy (non-hydrogen) atoms. The van der Waals surface area contributed by atoms with Crippen LogP contribution in [-0.2, 0) is 0 Å². The smallest absolute Gasteiger partial charge is 0.256 e. The molecule has 2 aromatic rings. The lowest BCUT2D eigenvalue weighted by Gasteiger charge is -2.07. The molecule has 1 aromatic carbocycles. The Morgan fingerprint density at radius 3 is 2.90 bits per heavy atom. The van der Waals surface area contributed by atoms with Crippen LogP contribution in [0, 0.1) is 11.3 Å². The first kappa shape index (κ1) is 14.6. The predicted octanol–water partition coefficient (Wildman–Crippen LogP) is 4.37. The number of benzene rings is 1. The molecule has 1 heterocycles. The summed E-state index contributed by atoms with van der Waals surface area (Å²) in [5.41, 5.74) is 1.10. The van der Waals surface area contributed by atoms with Crippen LogP contribution in [0.4, 0.5) is 5.00 Å². The number of hydrogen-bond acceptors (Lipinski definition) is 4. The molecule has 3 nitrogen and oxygen atoms in total. The van der Waals surface area contributed by atoms with Crippen molar-refractivity contribution in [2.75, 3.05) is 5.32 Å². The van der Waals surface area contributed by atoms with Crippen LogP contribution in [0.15, 0.2) is 40.6 Å². The molecule has 102 valence electrons. The van der Waals surface area contributed by atoms with E-state index in [9.17, 15) is 4.79 Å². The van der Waals surface area contributed by atoms with Gasteiger partial charge in [0.05, 0.1) is 5.56 Å². The summed E-state index contributed by atoms with van der Waals surface area (Å²) < 4.78 is 0. The van der Waals surface area contributed by atoms with Gasteiger partial charge >= 0.3 is 0 Å². The van der Waals surface area contributed by atoms with Crippen LogP contribution >= 0.6 is 23.1 Å². The molecular weight excluding hydrogens is 288 g/mol. The quantitative estimate of drug-likeness (QED) is 0.853. The Morgan fingerprint density at radius 2 is 2.20 bits per heavy atom. The number of amides is 1. The van der Waals surface area contributed by atoms with Crippen molar-refractivity contribution in [3.8, 4) is 6.07 Å². The lowest BCUT2D eigenvalue weighted by Crippen LogP contribution is -2.11. The highest BCUT2D eigenvalue weighted by molar-refractivity contribution is 7.99. The molecule has 0 aliphatic heterocycles. The topological polar surface area (TPSA) is 52.9 Å². The maximum atomic E-state index is 12.2. The van der Waals surface area contributed by atoms with Gasteiger partial charge in [0.25, 0.3) is 5.91 Å². The van der Waals surface area contributed by atoms with Gasteiger partial charge in [-0.3, -0.25) is 4.79 Å². The van der Waals surface area contributed by atoms with Crippen molar-refractivity contribution in [2.24, 2.45) is 0 Å². The second-order valence-corrected chi connectivity index (χ2v) is 6.99. The van der Waals surface area contributed by atoms with E-state index in [1.165, 1.54) is 11.3 Å². The second kappa shape index (κ2) is 6.60. The zero-order valence-corrected chi connectivity index (χ0v) is 12.8. The van der Waals surface area contributed by atoms with E-state index in [-0.39, 0.29) is 5.91 Å². The largest absolute Gasteiger partial charge is 0.312 e. The Morgan fingerprint density at radius 1 is 1.40 bits per heavy atom. The summed E-state index contributed by atoms with van der Waals surface area (Å²) in [5, 5.41) is 14.6. The number of nitrogens with zero attached hydrogens (tertiary/aromatic N) is 1. The number of thiophene rings is 1. The minimum absolute atomic E-state index is 0.185. The number of nitrogens with one attached hydrogen (secondary N) is 1. The van der Waals surface area contributed by atoms with Crippen LogP contribution in [0.2, 0.25) is 0 Å². The normalized spacial score (nSPS) is 10.3. The lowest BCUT2D eigenvalue weighted by atomic mass is 10.2. The van der Waals surface area contributed by atoms with E-state index in [1.54, 1.807) is 29.3 Å². The fraction of sp³-hybridized carbons (Fsp3) is 0.200. The Bertz CT molecular complexity index is 656. The Hall–Kier alpha value is -1.77. The summed E-state index contributed by atoms with van der Waals surface area (Å²) in [6, 6.07) is 11.3. The first-order chi connectivity index (χ1) is 9.60. The number of nitriles is 1. The number of carbonyl (C=O) groups is 1. The van der Waals surface area contributed by atoms with Crippen LogP contribution in [0.25, 0.3) is 0 Å². The summed E-state index contributed by atoms with van der Waals surface area (Å²) in [6.07, 6.45) is 0. The van der Waals surface area contributed by atoms with E-state index in [0.717, 1.165) is 4.90 Å². The van der Waals surface area contributed by atoms with Gasteiger partial charge in [0.1, 0.15) is 11.1 Å². The van der Waals surface area contributed by atoms with Gasteiger partial charge in [-0.2, -0.15) is 5.26 Å². The number of carbonyl (C=O) groups excluding carboxylic acids is 1. The standard InChI is InChI=1S/C15H14N2OS2/c1-10(2)20-13-5-3-4-11(8-13)14(18)17-15-12(9-16)6-7-19-15/h3-8,10H,1-2H3,(H,17,18). The molecule has 1 N–H and O–H groups in total. The molecule has 1 aromatic heterocycles. The molecule has 0 fully saturated rings. The maximum Gasteiger partial charge on any atom is 0.256 e. The second-order valence-electron chi connectivity index (χ2n) is 4.42. The summed E-state index contributed by atoms with van der Waals surface area (Å²) in [5.74, 6) is -0.185. The van der Waals surface area contributed by atoms with Gasteiger partial charge in [-0.1, -0.05) is 19.9 Å². The zero-order valence-electron chi connectivity index (χ0n) is 11.2. The van der Waals surface area contributed by atoms with Gasteiger partial charge in [0.2, 0.25) is 0 Å². The molecule has 0 saturated heterocycles. The highest BCUT2D eigenvalue weighted by Gasteiger charge is 2.11. The van der Waals surface area contributed by atoms with Gasteiger partial charge in [0.15, 0.2) is 0 Å². The Balaban J connectivity index is 2.15. The van der Waals surface area contributed by atoms with Gasteiger partial charge in [-0.15, -0.1) is 23.1 Å². The molecule has 0 aliphatic rings.